The Morgan fingerprint density at radius 1 is 0.750 bits per heavy atom. The standard InChI is InChI=1S/C35H32O9/c1-38-21-10-6-19(7-11-21)26-15-14-24-27(41-4)18-29-31(35(24)43-26)32(34(44-29)20-8-12-22(39-2)13-9-20)33(37)30-25(36)16-23(40-3)17-28(30)42-5/h6-13,16-18,26,36H,14-15H2,1-5H3. The first kappa shape index (κ1) is 28.8. The second kappa shape index (κ2) is 11.8. The number of aromatic hydroxyl groups is 1. The molecule has 0 radical (unpaired) electrons. The first-order valence-corrected chi connectivity index (χ1v) is 14.0. The van der Waals surface area contributed by atoms with Crippen molar-refractivity contribution in [2.24, 2.45) is 0 Å². The van der Waals surface area contributed by atoms with Crippen molar-refractivity contribution >= 4 is 16.8 Å². The summed E-state index contributed by atoms with van der Waals surface area (Å²) in [5.74, 6) is 2.48. The summed E-state index contributed by atoms with van der Waals surface area (Å²) in [7, 11) is 7.70. The van der Waals surface area contributed by atoms with E-state index in [1.54, 1.807) is 45.6 Å². The van der Waals surface area contributed by atoms with Crippen LogP contribution in [0.15, 0.2) is 71.1 Å². The minimum atomic E-state index is -0.505. The lowest BCUT2D eigenvalue weighted by molar-refractivity contribution is 0.103. The third-order valence-corrected chi connectivity index (χ3v) is 7.94. The van der Waals surface area contributed by atoms with Gasteiger partial charge in [0.2, 0.25) is 5.78 Å². The Bertz CT molecular complexity index is 1840. The van der Waals surface area contributed by atoms with E-state index in [2.05, 4.69) is 0 Å². The van der Waals surface area contributed by atoms with Crippen molar-refractivity contribution in [3.8, 4) is 51.6 Å². The lowest BCUT2D eigenvalue weighted by atomic mass is 9.91. The van der Waals surface area contributed by atoms with Gasteiger partial charge in [-0.25, -0.2) is 0 Å². The monoisotopic (exact) mass is 596 g/mol. The molecule has 0 bridgehead atoms. The van der Waals surface area contributed by atoms with Crippen LogP contribution < -0.4 is 28.4 Å². The summed E-state index contributed by atoms with van der Waals surface area (Å²) in [6.07, 6.45) is 1.04. The zero-order valence-electron chi connectivity index (χ0n) is 25.1. The maximum atomic E-state index is 14.6. The molecule has 6 rings (SSSR count). The fourth-order valence-electron chi connectivity index (χ4n) is 5.69. The van der Waals surface area contributed by atoms with Crippen LogP contribution in [0.2, 0.25) is 0 Å². The van der Waals surface area contributed by atoms with Gasteiger partial charge in [-0.3, -0.25) is 4.79 Å². The smallest absolute Gasteiger partial charge is 0.205 e. The van der Waals surface area contributed by atoms with Gasteiger partial charge in [-0.1, -0.05) is 12.1 Å². The van der Waals surface area contributed by atoms with Crippen molar-refractivity contribution in [2.45, 2.75) is 18.9 Å². The molecule has 44 heavy (non-hydrogen) atoms. The van der Waals surface area contributed by atoms with Crippen LogP contribution in [0, 0.1) is 0 Å². The van der Waals surface area contributed by atoms with Crippen molar-refractivity contribution < 1.29 is 42.7 Å². The van der Waals surface area contributed by atoms with Crippen LogP contribution in [0.4, 0.5) is 0 Å². The molecular weight excluding hydrogens is 564 g/mol. The highest BCUT2D eigenvalue weighted by Crippen LogP contribution is 2.50. The maximum absolute atomic E-state index is 14.6. The highest BCUT2D eigenvalue weighted by atomic mass is 16.5. The Kier molecular flexibility index (Phi) is 7.69. The first-order chi connectivity index (χ1) is 21.4. The number of carbonyl (C=O) groups is 1. The fraction of sp³-hybridized carbons (Fsp3) is 0.229. The lowest BCUT2D eigenvalue weighted by Crippen LogP contribution is -2.17. The molecule has 0 saturated heterocycles. The van der Waals surface area contributed by atoms with Gasteiger partial charge in [0.05, 0.1) is 46.5 Å². The van der Waals surface area contributed by atoms with Crippen LogP contribution in [0.1, 0.15) is 39.6 Å². The van der Waals surface area contributed by atoms with Crippen LogP contribution in [0.5, 0.6) is 40.2 Å². The summed E-state index contributed by atoms with van der Waals surface area (Å²) in [6, 6.07) is 19.6. The van der Waals surface area contributed by atoms with Gasteiger partial charge < -0.3 is 37.9 Å². The van der Waals surface area contributed by atoms with Crippen molar-refractivity contribution in [3.05, 3.63) is 89.0 Å². The van der Waals surface area contributed by atoms with E-state index in [4.69, 9.17) is 32.8 Å². The topological polar surface area (TPSA) is 106 Å². The maximum Gasteiger partial charge on any atom is 0.205 e. The van der Waals surface area contributed by atoms with E-state index in [0.717, 1.165) is 16.9 Å². The quantitative estimate of drug-likeness (QED) is 0.178. The Balaban J connectivity index is 1.61. The van der Waals surface area contributed by atoms with Gasteiger partial charge in [-0.15, -0.1) is 0 Å². The predicted molar refractivity (Wildman–Crippen MR) is 164 cm³/mol. The van der Waals surface area contributed by atoms with Crippen molar-refractivity contribution in [1.82, 2.24) is 0 Å². The number of phenols is 1. The summed E-state index contributed by atoms with van der Waals surface area (Å²) in [5, 5.41) is 11.5. The molecule has 1 aromatic heterocycles. The lowest BCUT2D eigenvalue weighted by Gasteiger charge is -2.28. The minimum Gasteiger partial charge on any atom is -0.507 e. The zero-order chi connectivity index (χ0) is 31.0. The Morgan fingerprint density at radius 3 is 2.00 bits per heavy atom. The molecular formula is C35H32O9. The second-order valence-electron chi connectivity index (χ2n) is 10.3. The van der Waals surface area contributed by atoms with E-state index >= 15 is 0 Å². The largest absolute Gasteiger partial charge is 0.507 e. The van der Waals surface area contributed by atoms with Gasteiger partial charge in [-0.05, 0) is 54.8 Å². The van der Waals surface area contributed by atoms with E-state index in [-0.39, 0.29) is 28.7 Å². The van der Waals surface area contributed by atoms with E-state index in [9.17, 15) is 9.90 Å². The number of fused-ring (bicyclic) bond motifs is 3. The molecule has 5 aromatic rings. The normalized spacial score (nSPS) is 14.0. The molecule has 0 saturated carbocycles. The number of furan rings is 1. The number of rotatable bonds is 9. The van der Waals surface area contributed by atoms with Gasteiger partial charge in [0.1, 0.15) is 63.3 Å². The summed E-state index contributed by atoms with van der Waals surface area (Å²) < 4.78 is 40.5. The zero-order valence-corrected chi connectivity index (χ0v) is 25.1. The molecule has 2 heterocycles. The highest BCUT2D eigenvalue weighted by molar-refractivity contribution is 6.23. The average Bonchev–Trinajstić information content (AvgIpc) is 3.46. The summed E-state index contributed by atoms with van der Waals surface area (Å²) in [4.78, 5) is 14.6. The Hall–Kier alpha value is -5.31. The predicted octanol–water partition coefficient (Wildman–Crippen LogP) is 7.15. The van der Waals surface area contributed by atoms with Gasteiger partial charge >= 0.3 is 0 Å². The molecule has 0 amide bonds. The van der Waals surface area contributed by atoms with Gasteiger partial charge in [0.25, 0.3) is 0 Å². The van der Waals surface area contributed by atoms with Gasteiger partial charge in [0, 0.05) is 29.3 Å². The summed E-state index contributed by atoms with van der Waals surface area (Å²) >= 11 is 0. The third-order valence-electron chi connectivity index (χ3n) is 7.94. The Morgan fingerprint density at radius 2 is 1.39 bits per heavy atom. The minimum absolute atomic E-state index is 0.0298. The number of hydrogen-bond acceptors (Lipinski definition) is 9. The van der Waals surface area contributed by atoms with Gasteiger partial charge in [0.15, 0.2) is 0 Å². The van der Waals surface area contributed by atoms with Crippen LogP contribution in [0.25, 0.3) is 22.3 Å². The number of benzene rings is 4. The summed E-state index contributed by atoms with van der Waals surface area (Å²) in [6.45, 7) is 0. The van der Waals surface area contributed by atoms with E-state index in [0.29, 0.717) is 58.1 Å². The molecule has 0 aliphatic carbocycles. The molecule has 1 unspecified atom stereocenters. The molecule has 1 N–H and O–H groups in total. The highest BCUT2D eigenvalue weighted by Gasteiger charge is 2.35. The summed E-state index contributed by atoms with van der Waals surface area (Å²) in [5.41, 5.74) is 3.01. The Labute approximate surface area is 254 Å². The molecule has 9 heteroatoms. The number of ketones is 1. The SMILES string of the molecule is COc1ccc(-c2oc3cc(OC)c4c(c3c2C(=O)c2c(O)cc(OC)cc2OC)OC(c2ccc(OC)cc2)CC4)cc1. The van der Waals surface area contributed by atoms with Crippen LogP contribution in [-0.2, 0) is 6.42 Å². The molecule has 1 atom stereocenters. The first-order valence-electron chi connectivity index (χ1n) is 14.0. The van der Waals surface area contributed by atoms with Crippen molar-refractivity contribution in [3.63, 3.8) is 0 Å². The number of phenolic OH excluding ortho intramolecular Hbond substituents is 1. The van der Waals surface area contributed by atoms with E-state index < -0.39 is 5.78 Å². The van der Waals surface area contributed by atoms with Crippen molar-refractivity contribution in [2.75, 3.05) is 35.5 Å². The number of ether oxygens (including phenoxy) is 6. The molecule has 0 fully saturated rings. The van der Waals surface area contributed by atoms with E-state index in [1.807, 2.05) is 36.4 Å². The molecule has 226 valence electrons. The van der Waals surface area contributed by atoms with E-state index in [1.165, 1.54) is 20.3 Å². The van der Waals surface area contributed by atoms with Crippen LogP contribution >= 0.6 is 0 Å². The fourth-order valence-corrected chi connectivity index (χ4v) is 5.69. The average molecular weight is 597 g/mol. The third kappa shape index (κ3) is 4.90. The molecule has 0 spiro atoms. The second-order valence-corrected chi connectivity index (χ2v) is 10.3. The van der Waals surface area contributed by atoms with Crippen molar-refractivity contribution in [1.29, 1.82) is 0 Å². The number of methoxy groups -OCH3 is 5. The number of hydrogen-bond donors (Lipinski definition) is 1. The molecule has 1 aliphatic rings. The molecule has 9 nitrogen and oxygen atoms in total. The van der Waals surface area contributed by atoms with Crippen LogP contribution in [-0.4, -0.2) is 46.4 Å². The molecule has 4 aromatic carbocycles. The number of carbonyl (C=O) groups excluding carboxylic acids is 1. The van der Waals surface area contributed by atoms with Gasteiger partial charge in [-0.2, -0.15) is 0 Å². The molecule has 1 aliphatic heterocycles. The van der Waals surface area contributed by atoms with Crippen LogP contribution in [0.3, 0.4) is 0 Å².